The number of hydrogen-bond acceptors (Lipinski definition) is 3. The summed E-state index contributed by atoms with van der Waals surface area (Å²) in [6, 6.07) is 27.2. The van der Waals surface area contributed by atoms with Gasteiger partial charge in [-0.25, -0.2) is 0 Å². The van der Waals surface area contributed by atoms with E-state index >= 15 is 0 Å². The Morgan fingerprint density at radius 1 is 0.812 bits per heavy atom. The predicted octanol–water partition coefficient (Wildman–Crippen LogP) is 4.48. The molecule has 5 nitrogen and oxygen atoms in total. The lowest BCUT2D eigenvalue weighted by atomic mass is 10.2. The summed E-state index contributed by atoms with van der Waals surface area (Å²) in [7, 11) is 0. The molecule has 0 atom stereocenters. The first-order chi connectivity index (χ1) is 15.7. The van der Waals surface area contributed by atoms with Gasteiger partial charge in [0.05, 0.1) is 5.75 Å². The summed E-state index contributed by atoms with van der Waals surface area (Å²) >= 11 is 1.53. The number of fused-ring (bicyclic) bond motifs is 1. The van der Waals surface area contributed by atoms with Crippen LogP contribution >= 0.6 is 11.8 Å². The molecule has 0 unspecified atom stereocenters. The summed E-state index contributed by atoms with van der Waals surface area (Å²) in [4.78, 5) is 25.7. The minimum absolute atomic E-state index is 0.00538. The number of carbonyl (C=O) groups is 2. The molecular weight excluding hydrogens is 418 g/mol. The summed E-state index contributed by atoms with van der Waals surface area (Å²) < 4.78 is 2.13. The zero-order valence-corrected chi connectivity index (χ0v) is 18.5. The van der Waals surface area contributed by atoms with Crippen LogP contribution in [0.2, 0.25) is 0 Å². The smallest absolute Gasteiger partial charge is 0.251 e. The topological polar surface area (TPSA) is 63.1 Å². The summed E-state index contributed by atoms with van der Waals surface area (Å²) in [5.41, 5.74) is 2.83. The van der Waals surface area contributed by atoms with Crippen molar-refractivity contribution in [1.82, 2.24) is 15.2 Å². The van der Waals surface area contributed by atoms with Crippen LogP contribution in [0.1, 0.15) is 15.9 Å². The molecule has 1 heterocycles. The van der Waals surface area contributed by atoms with Gasteiger partial charge in [-0.3, -0.25) is 9.59 Å². The maximum absolute atomic E-state index is 12.3. The Morgan fingerprint density at radius 2 is 1.50 bits per heavy atom. The second-order valence-corrected chi connectivity index (χ2v) is 8.39. The molecule has 3 aromatic carbocycles. The second-order valence-electron chi connectivity index (χ2n) is 7.38. The molecule has 0 aliphatic carbocycles. The van der Waals surface area contributed by atoms with E-state index in [0.717, 1.165) is 21.4 Å². The van der Waals surface area contributed by atoms with Gasteiger partial charge < -0.3 is 15.2 Å². The lowest BCUT2D eigenvalue weighted by Crippen LogP contribution is -2.27. The number of benzene rings is 3. The van der Waals surface area contributed by atoms with Crippen molar-refractivity contribution < 1.29 is 9.59 Å². The molecule has 0 aliphatic heterocycles. The van der Waals surface area contributed by atoms with E-state index in [0.29, 0.717) is 31.0 Å². The number of nitrogens with one attached hydrogen (secondary N) is 2. The van der Waals surface area contributed by atoms with Crippen molar-refractivity contribution >= 4 is 34.5 Å². The quantitative estimate of drug-likeness (QED) is 0.375. The largest absolute Gasteiger partial charge is 0.351 e. The van der Waals surface area contributed by atoms with E-state index in [1.54, 1.807) is 12.1 Å². The lowest BCUT2D eigenvalue weighted by Gasteiger charge is -2.07. The van der Waals surface area contributed by atoms with E-state index in [1.165, 1.54) is 11.8 Å². The number of nitrogens with zero attached hydrogens (tertiary/aromatic N) is 1. The van der Waals surface area contributed by atoms with Crippen LogP contribution in [-0.4, -0.2) is 28.7 Å². The molecule has 1 aromatic heterocycles. The third-order valence-corrected chi connectivity index (χ3v) is 6.16. The lowest BCUT2D eigenvalue weighted by molar-refractivity contribution is -0.118. The van der Waals surface area contributed by atoms with Crippen LogP contribution < -0.4 is 10.6 Å². The standard InChI is InChI=1S/C26H25N3O2S/c30-25(28-17-20-9-3-1-4-10-20)19-32-24-18-29(23-14-8-7-13-22(23)24)16-15-27-26(31)21-11-5-2-6-12-21/h1-14,18H,15-17,19H2,(H,27,31)(H,28,30). The van der Waals surface area contributed by atoms with E-state index in [4.69, 9.17) is 0 Å². The highest BCUT2D eigenvalue weighted by Crippen LogP contribution is 2.29. The monoisotopic (exact) mass is 443 g/mol. The Labute approximate surface area is 191 Å². The van der Waals surface area contributed by atoms with Crippen LogP contribution in [-0.2, 0) is 17.9 Å². The molecule has 4 rings (SSSR count). The van der Waals surface area contributed by atoms with Crippen LogP contribution in [0.3, 0.4) is 0 Å². The molecule has 6 heteroatoms. The summed E-state index contributed by atoms with van der Waals surface area (Å²) in [5.74, 6) is 0.281. The molecule has 2 amide bonds. The first-order valence-corrected chi connectivity index (χ1v) is 11.5. The van der Waals surface area contributed by atoms with Gasteiger partial charge in [0.1, 0.15) is 0 Å². The van der Waals surface area contributed by atoms with Gasteiger partial charge in [-0.2, -0.15) is 0 Å². The number of hydrogen-bond donors (Lipinski definition) is 2. The van der Waals surface area contributed by atoms with Crippen molar-refractivity contribution in [3.63, 3.8) is 0 Å². The first kappa shape index (κ1) is 21.7. The number of carbonyl (C=O) groups excluding carboxylic acids is 2. The highest BCUT2D eigenvalue weighted by Gasteiger charge is 2.11. The summed E-state index contributed by atoms with van der Waals surface area (Å²) in [6.07, 6.45) is 2.06. The Bertz CT molecular complexity index is 1190. The van der Waals surface area contributed by atoms with Crippen molar-refractivity contribution in [2.45, 2.75) is 18.0 Å². The number of thioether (sulfide) groups is 1. The number of amides is 2. The van der Waals surface area contributed by atoms with Gasteiger partial charge in [0, 0.05) is 47.2 Å². The normalized spacial score (nSPS) is 10.8. The van der Waals surface area contributed by atoms with E-state index in [-0.39, 0.29) is 11.8 Å². The molecule has 2 N–H and O–H groups in total. The van der Waals surface area contributed by atoms with Crippen molar-refractivity contribution in [3.8, 4) is 0 Å². The van der Waals surface area contributed by atoms with Gasteiger partial charge in [-0.15, -0.1) is 11.8 Å². The molecule has 0 radical (unpaired) electrons. The number of para-hydroxylation sites is 1. The van der Waals surface area contributed by atoms with E-state index in [1.807, 2.05) is 60.7 Å². The molecule has 0 bridgehead atoms. The summed E-state index contributed by atoms with van der Waals surface area (Å²) in [6.45, 7) is 1.71. The third-order valence-electron chi connectivity index (χ3n) is 5.12. The minimum Gasteiger partial charge on any atom is -0.351 e. The van der Waals surface area contributed by atoms with Crippen molar-refractivity contribution in [3.05, 3.63) is 102 Å². The predicted molar refractivity (Wildman–Crippen MR) is 130 cm³/mol. The van der Waals surface area contributed by atoms with Crippen molar-refractivity contribution in [2.24, 2.45) is 0 Å². The second kappa shape index (κ2) is 10.7. The Balaban J connectivity index is 1.34. The van der Waals surface area contributed by atoms with E-state index in [9.17, 15) is 9.59 Å². The van der Waals surface area contributed by atoms with Crippen molar-refractivity contribution in [1.29, 1.82) is 0 Å². The fraction of sp³-hybridized carbons (Fsp3) is 0.154. The zero-order valence-electron chi connectivity index (χ0n) is 17.7. The molecule has 0 fully saturated rings. The van der Waals surface area contributed by atoms with Crippen LogP contribution in [0.4, 0.5) is 0 Å². The molecule has 0 saturated heterocycles. The molecular formula is C26H25N3O2S. The maximum Gasteiger partial charge on any atom is 0.251 e. The van der Waals surface area contributed by atoms with E-state index < -0.39 is 0 Å². The number of aromatic nitrogens is 1. The van der Waals surface area contributed by atoms with Gasteiger partial charge in [0.15, 0.2) is 0 Å². The SMILES string of the molecule is O=C(CSc1cn(CCNC(=O)c2ccccc2)c2ccccc12)NCc1ccccc1. The Hall–Kier alpha value is -3.51. The molecule has 162 valence electrons. The van der Waals surface area contributed by atoms with Crippen LogP contribution in [0.5, 0.6) is 0 Å². The number of rotatable bonds is 9. The molecule has 0 aliphatic rings. The first-order valence-electron chi connectivity index (χ1n) is 10.6. The van der Waals surface area contributed by atoms with Crippen LogP contribution in [0.15, 0.2) is 96.0 Å². The Morgan fingerprint density at radius 3 is 2.28 bits per heavy atom. The highest BCUT2D eigenvalue weighted by atomic mass is 32.2. The average Bonchev–Trinajstić information content (AvgIpc) is 3.20. The average molecular weight is 444 g/mol. The van der Waals surface area contributed by atoms with E-state index in [2.05, 4.69) is 33.5 Å². The Kier molecular flexibility index (Phi) is 7.25. The highest BCUT2D eigenvalue weighted by molar-refractivity contribution is 8.00. The van der Waals surface area contributed by atoms with Crippen LogP contribution in [0.25, 0.3) is 10.9 Å². The van der Waals surface area contributed by atoms with Crippen molar-refractivity contribution in [2.75, 3.05) is 12.3 Å². The van der Waals surface area contributed by atoms with Crippen LogP contribution in [0, 0.1) is 0 Å². The molecule has 4 aromatic rings. The maximum atomic E-state index is 12.3. The third kappa shape index (κ3) is 5.59. The molecule has 0 spiro atoms. The van der Waals surface area contributed by atoms with Gasteiger partial charge in [0.25, 0.3) is 5.91 Å². The zero-order chi connectivity index (χ0) is 22.2. The van der Waals surface area contributed by atoms with Gasteiger partial charge in [-0.05, 0) is 23.8 Å². The fourth-order valence-electron chi connectivity index (χ4n) is 3.49. The van der Waals surface area contributed by atoms with Gasteiger partial charge in [-0.1, -0.05) is 66.7 Å². The molecule has 32 heavy (non-hydrogen) atoms. The minimum atomic E-state index is -0.0771. The molecule has 0 saturated carbocycles. The fourth-order valence-corrected chi connectivity index (χ4v) is 4.40. The summed E-state index contributed by atoms with van der Waals surface area (Å²) in [5, 5.41) is 7.06. The van der Waals surface area contributed by atoms with Gasteiger partial charge >= 0.3 is 0 Å². The van der Waals surface area contributed by atoms with Gasteiger partial charge in [0.2, 0.25) is 5.91 Å².